The summed E-state index contributed by atoms with van der Waals surface area (Å²) in [6.07, 6.45) is 4.55. The van der Waals surface area contributed by atoms with Crippen molar-refractivity contribution in [2.45, 2.75) is 44.9 Å². The van der Waals surface area contributed by atoms with Gasteiger partial charge in [0.05, 0.1) is 12.3 Å². The number of nitrogens with one attached hydrogen (secondary N) is 2. The quantitative estimate of drug-likeness (QED) is 0.426. The summed E-state index contributed by atoms with van der Waals surface area (Å²) in [6.45, 7) is 2.25. The third-order valence-electron chi connectivity index (χ3n) is 5.98. The molecule has 34 heavy (non-hydrogen) atoms. The number of carbonyl (C=O) groups excluding carboxylic acids is 2. The van der Waals surface area contributed by atoms with Gasteiger partial charge in [-0.2, -0.15) is 0 Å². The molecule has 9 heteroatoms. The van der Waals surface area contributed by atoms with E-state index in [4.69, 9.17) is 9.15 Å². The highest BCUT2D eigenvalue weighted by Crippen LogP contribution is 2.37. The van der Waals surface area contributed by atoms with Gasteiger partial charge in [-0.3, -0.25) is 9.59 Å². The molecule has 1 aliphatic rings. The standard InChI is InChI=1S/C25H27FN4O4/c1-2-33-22(31)15-16-7-9-17(10-8-16)18-11-13-19(14-12-18)27-23(32)24-29-30-25(34-24)28-21-6-4-3-5-20(21)26/h3-6,11-14,16-17H,2,7-10,15H2,1H3,(H,27,32)(H,28,30). The lowest BCUT2D eigenvalue weighted by atomic mass is 9.77. The number of nitrogens with zero attached hydrogens (tertiary/aromatic N) is 2. The zero-order chi connectivity index (χ0) is 23.9. The average Bonchev–Trinajstić information content (AvgIpc) is 3.31. The van der Waals surface area contributed by atoms with Crippen molar-refractivity contribution in [2.75, 3.05) is 17.2 Å². The highest BCUT2D eigenvalue weighted by Gasteiger charge is 2.24. The summed E-state index contributed by atoms with van der Waals surface area (Å²) in [4.78, 5) is 24.2. The fraction of sp³-hybridized carbons (Fsp3) is 0.360. The van der Waals surface area contributed by atoms with Crippen molar-refractivity contribution in [3.8, 4) is 0 Å². The van der Waals surface area contributed by atoms with Crippen LogP contribution in [0.25, 0.3) is 0 Å². The Bertz CT molecular complexity index is 1120. The number of hydrogen-bond acceptors (Lipinski definition) is 7. The van der Waals surface area contributed by atoms with E-state index in [0.717, 1.165) is 25.7 Å². The highest BCUT2D eigenvalue weighted by atomic mass is 19.1. The number of para-hydroxylation sites is 1. The molecule has 0 saturated heterocycles. The van der Waals surface area contributed by atoms with Gasteiger partial charge in [-0.25, -0.2) is 4.39 Å². The smallest absolute Gasteiger partial charge is 0.320 e. The van der Waals surface area contributed by atoms with Crippen molar-refractivity contribution in [1.29, 1.82) is 0 Å². The first-order valence-corrected chi connectivity index (χ1v) is 11.4. The second kappa shape index (κ2) is 10.9. The van der Waals surface area contributed by atoms with E-state index in [0.29, 0.717) is 30.6 Å². The highest BCUT2D eigenvalue weighted by molar-refractivity contribution is 6.00. The summed E-state index contributed by atoms with van der Waals surface area (Å²) in [5.74, 6) is -0.543. The molecule has 2 aromatic carbocycles. The molecule has 1 amide bonds. The SMILES string of the molecule is CCOC(=O)CC1CCC(c2ccc(NC(=O)c3nnc(Nc4ccccc4F)o3)cc2)CC1. The van der Waals surface area contributed by atoms with E-state index < -0.39 is 11.7 Å². The Kier molecular flexibility index (Phi) is 7.51. The Labute approximate surface area is 196 Å². The first kappa shape index (κ1) is 23.4. The third kappa shape index (κ3) is 5.98. The van der Waals surface area contributed by atoms with Crippen molar-refractivity contribution in [2.24, 2.45) is 5.92 Å². The lowest BCUT2D eigenvalue weighted by molar-refractivity contribution is -0.144. The molecule has 1 saturated carbocycles. The summed E-state index contributed by atoms with van der Waals surface area (Å²) in [5.41, 5.74) is 1.98. The first-order chi connectivity index (χ1) is 16.5. The van der Waals surface area contributed by atoms with Gasteiger partial charge in [-0.15, -0.1) is 5.10 Å². The maximum Gasteiger partial charge on any atom is 0.320 e. The van der Waals surface area contributed by atoms with Crippen molar-refractivity contribution in [3.63, 3.8) is 0 Å². The molecule has 0 radical (unpaired) electrons. The van der Waals surface area contributed by atoms with Gasteiger partial charge in [0.15, 0.2) is 0 Å². The van der Waals surface area contributed by atoms with Gasteiger partial charge in [-0.1, -0.05) is 29.4 Å². The van der Waals surface area contributed by atoms with Crippen LogP contribution in [0.15, 0.2) is 52.9 Å². The summed E-state index contributed by atoms with van der Waals surface area (Å²) in [7, 11) is 0. The van der Waals surface area contributed by atoms with Crippen molar-refractivity contribution >= 4 is 29.3 Å². The molecule has 1 aromatic heterocycles. The molecular formula is C25H27FN4O4. The molecule has 178 valence electrons. The minimum atomic E-state index is -0.554. The van der Waals surface area contributed by atoms with E-state index >= 15 is 0 Å². The van der Waals surface area contributed by atoms with Gasteiger partial charge < -0.3 is 19.8 Å². The topological polar surface area (TPSA) is 106 Å². The lowest BCUT2D eigenvalue weighted by Crippen LogP contribution is -2.18. The Morgan fingerprint density at radius 2 is 1.79 bits per heavy atom. The number of hydrogen-bond donors (Lipinski definition) is 2. The number of esters is 1. The zero-order valence-electron chi connectivity index (χ0n) is 18.9. The zero-order valence-corrected chi connectivity index (χ0v) is 18.9. The van der Waals surface area contributed by atoms with Crippen LogP contribution in [0.5, 0.6) is 0 Å². The van der Waals surface area contributed by atoms with E-state index in [1.54, 1.807) is 12.1 Å². The molecule has 1 fully saturated rings. The van der Waals surface area contributed by atoms with E-state index in [-0.39, 0.29) is 23.6 Å². The van der Waals surface area contributed by atoms with Crippen LogP contribution in [0.4, 0.5) is 21.8 Å². The summed E-state index contributed by atoms with van der Waals surface area (Å²) >= 11 is 0. The number of carbonyl (C=O) groups is 2. The number of benzene rings is 2. The minimum Gasteiger partial charge on any atom is -0.466 e. The van der Waals surface area contributed by atoms with E-state index in [1.165, 1.54) is 17.7 Å². The molecule has 0 spiro atoms. The lowest BCUT2D eigenvalue weighted by Gasteiger charge is -2.28. The Hall–Kier alpha value is -3.75. The molecule has 0 bridgehead atoms. The largest absolute Gasteiger partial charge is 0.466 e. The van der Waals surface area contributed by atoms with Crippen molar-refractivity contribution in [3.05, 3.63) is 65.8 Å². The van der Waals surface area contributed by atoms with Crippen LogP contribution in [0, 0.1) is 11.7 Å². The van der Waals surface area contributed by atoms with Gasteiger partial charge in [0.25, 0.3) is 0 Å². The molecule has 8 nitrogen and oxygen atoms in total. The normalized spacial score (nSPS) is 17.7. The van der Waals surface area contributed by atoms with Crippen LogP contribution in [-0.2, 0) is 9.53 Å². The number of rotatable bonds is 8. The van der Waals surface area contributed by atoms with Gasteiger partial charge in [-0.05, 0) is 74.3 Å². The van der Waals surface area contributed by atoms with E-state index in [2.05, 4.69) is 20.8 Å². The van der Waals surface area contributed by atoms with Crippen LogP contribution in [0.1, 0.15) is 61.2 Å². The number of ether oxygens (including phenoxy) is 1. The van der Waals surface area contributed by atoms with Gasteiger partial charge in [0, 0.05) is 12.1 Å². The number of halogens is 1. The molecular weight excluding hydrogens is 439 g/mol. The predicted octanol–water partition coefficient (Wildman–Crippen LogP) is 5.43. The maximum atomic E-state index is 13.7. The molecule has 4 rings (SSSR count). The second-order valence-corrected chi connectivity index (χ2v) is 8.32. The van der Waals surface area contributed by atoms with Crippen molar-refractivity contribution < 1.29 is 23.1 Å². The molecule has 1 heterocycles. The van der Waals surface area contributed by atoms with Crippen LogP contribution in [-0.4, -0.2) is 28.7 Å². The average molecular weight is 467 g/mol. The molecule has 2 N–H and O–H groups in total. The van der Waals surface area contributed by atoms with Crippen LogP contribution >= 0.6 is 0 Å². The summed E-state index contributed by atoms with van der Waals surface area (Å²) in [6, 6.07) is 13.7. The van der Waals surface area contributed by atoms with E-state index in [9.17, 15) is 14.0 Å². The molecule has 1 aliphatic carbocycles. The summed E-state index contributed by atoms with van der Waals surface area (Å²) in [5, 5.41) is 12.8. The maximum absolute atomic E-state index is 13.7. The summed E-state index contributed by atoms with van der Waals surface area (Å²) < 4.78 is 24.1. The number of amides is 1. The minimum absolute atomic E-state index is 0.0795. The fourth-order valence-electron chi connectivity index (χ4n) is 4.22. The molecule has 0 atom stereocenters. The third-order valence-corrected chi connectivity index (χ3v) is 5.98. The molecule has 0 unspecified atom stereocenters. The van der Waals surface area contributed by atoms with Crippen LogP contribution < -0.4 is 10.6 Å². The van der Waals surface area contributed by atoms with Gasteiger partial charge in [0.1, 0.15) is 5.82 Å². The second-order valence-electron chi connectivity index (χ2n) is 8.32. The van der Waals surface area contributed by atoms with Crippen LogP contribution in [0.2, 0.25) is 0 Å². The number of aromatic nitrogens is 2. The molecule has 3 aromatic rings. The van der Waals surface area contributed by atoms with Crippen LogP contribution in [0.3, 0.4) is 0 Å². The van der Waals surface area contributed by atoms with Crippen molar-refractivity contribution in [1.82, 2.24) is 10.2 Å². The van der Waals surface area contributed by atoms with Gasteiger partial charge in [0.2, 0.25) is 0 Å². The Morgan fingerprint density at radius 3 is 2.50 bits per heavy atom. The Morgan fingerprint density at radius 1 is 1.06 bits per heavy atom. The first-order valence-electron chi connectivity index (χ1n) is 11.4. The monoisotopic (exact) mass is 466 g/mol. The van der Waals surface area contributed by atoms with Gasteiger partial charge >= 0.3 is 23.8 Å². The predicted molar refractivity (Wildman–Crippen MR) is 124 cm³/mol. The number of anilines is 3. The molecule has 0 aliphatic heterocycles. The fourth-order valence-corrected chi connectivity index (χ4v) is 4.22. The van der Waals surface area contributed by atoms with E-state index in [1.807, 2.05) is 31.2 Å². The Balaban J connectivity index is 1.29.